The van der Waals surface area contributed by atoms with Crippen LogP contribution in [0.25, 0.3) is 0 Å². The maximum atomic E-state index is 2.44. The molecule has 0 aromatic carbocycles. The van der Waals surface area contributed by atoms with Gasteiger partial charge in [0.15, 0.2) is 0 Å². The Morgan fingerprint density at radius 2 is 1.31 bits per heavy atom. The lowest BCUT2D eigenvalue weighted by atomic mass is 9.92. The van der Waals surface area contributed by atoms with E-state index in [1.807, 2.05) is 0 Å². The fraction of sp³-hybridized carbons (Fsp3) is 1.00. The van der Waals surface area contributed by atoms with E-state index in [2.05, 4.69) is 41.7 Å². The highest BCUT2D eigenvalue weighted by atomic mass is 15.4. The minimum atomic E-state index is 0.838. The van der Waals surface area contributed by atoms with Gasteiger partial charge in [0, 0.05) is 11.8 Å². The molecular weight excluding hydrogens is 158 g/mol. The van der Waals surface area contributed by atoms with Crippen molar-refractivity contribution in [2.24, 2.45) is 11.8 Å². The van der Waals surface area contributed by atoms with Crippen molar-refractivity contribution < 1.29 is 4.48 Å². The van der Waals surface area contributed by atoms with Gasteiger partial charge in [0.25, 0.3) is 0 Å². The minimum Gasteiger partial charge on any atom is -0.321 e. The van der Waals surface area contributed by atoms with Crippen LogP contribution in [0.1, 0.15) is 41.0 Å². The summed E-state index contributed by atoms with van der Waals surface area (Å²) in [7, 11) is 2.44. The summed E-state index contributed by atoms with van der Waals surface area (Å²) in [5.74, 6) is 1.76. The lowest BCUT2D eigenvalue weighted by Gasteiger charge is -2.39. The van der Waals surface area contributed by atoms with Gasteiger partial charge in [0.05, 0.1) is 25.7 Å². The molecule has 1 fully saturated rings. The van der Waals surface area contributed by atoms with Crippen molar-refractivity contribution in [2.45, 2.75) is 53.1 Å². The molecule has 1 heteroatoms. The largest absolute Gasteiger partial charge is 0.321 e. The number of hydrogen-bond donors (Lipinski definition) is 0. The SMILES string of the molecule is CCC[N+]1(C)C(C)C(C)C(C)C1C. The van der Waals surface area contributed by atoms with Gasteiger partial charge in [-0.15, -0.1) is 0 Å². The van der Waals surface area contributed by atoms with Gasteiger partial charge in [-0.25, -0.2) is 0 Å². The number of likely N-dealkylation sites (tertiary alicyclic amines) is 1. The second kappa shape index (κ2) is 3.61. The van der Waals surface area contributed by atoms with Crippen LogP contribution in [0.5, 0.6) is 0 Å². The molecule has 1 rings (SSSR count). The summed E-state index contributed by atoms with van der Waals surface area (Å²) in [6.07, 6.45) is 1.31. The van der Waals surface area contributed by atoms with E-state index in [-0.39, 0.29) is 0 Å². The van der Waals surface area contributed by atoms with Crippen molar-refractivity contribution in [3.05, 3.63) is 0 Å². The maximum absolute atomic E-state index is 2.44. The first-order valence-corrected chi connectivity index (χ1v) is 5.80. The average molecular weight is 184 g/mol. The minimum absolute atomic E-state index is 0.838. The van der Waals surface area contributed by atoms with Gasteiger partial charge in [-0.1, -0.05) is 20.8 Å². The first-order chi connectivity index (χ1) is 5.95. The molecule has 13 heavy (non-hydrogen) atoms. The van der Waals surface area contributed by atoms with Crippen molar-refractivity contribution in [3.63, 3.8) is 0 Å². The normalized spacial score (nSPS) is 51.2. The summed E-state index contributed by atoms with van der Waals surface area (Å²) < 4.78 is 1.29. The summed E-state index contributed by atoms with van der Waals surface area (Å²) in [6, 6.07) is 1.68. The molecule has 0 amide bonds. The van der Waals surface area contributed by atoms with Gasteiger partial charge < -0.3 is 4.48 Å². The Morgan fingerprint density at radius 1 is 0.923 bits per heavy atom. The number of rotatable bonds is 2. The topological polar surface area (TPSA) is 0 Å². The molecule has 1 aliphatic rings. The standard InChI is InChI=1S/C12H26N/c1-7-8-13(6)11(4)9(2)10(3)12(13)5/h9-12H,7-8H2,1-6H3/q+1. The summed E-state index contributed by atoms with van der Waals surface area (Å²) in [4.78, 5) is 0. The molecule has 1 nitrogen and oxygen atoms in total. The third-order valence-corrected chi connectivity index (χ3v) is 4.92. The highest BCUT2D eigenvalue weighted by Crippen LogP contribution is 2.39. The van der Waals surface area contributed by atoms with Gasteiger partial charge >= 0.3 is 0 Å². The van der Waals surface area contributed by atoms with Crippen LogP contribution in [0.3, 0.4) is 0 Å². The third kappa shape index (κ3) is 1.52. The van der Waals surface area contributed by atoms with Crippen molar-refractivity contribution in [2.75, 3.05) is 13.6 Å². The zero-order valence-corrected chi connectivity index (χ0v) is 10.2. The van der Waals surface area contributed by atoms with Crippen LogP contribution < -0.4 is 0 Å². The quantitative estimate of drug-likeness (QED) is 0.579. The summed E-state index contributed by atoms with van der Waals surface area (Å²) in [6.45, 7) is 13.4. The Hall–Kier alpha value is -0.0400. The van der Waals surface area contributed by atoms with E-state index in [1.165, 1.54) is 17.4 Å². The van der Waals surface area contributed by atoms with Crippen LogP contribution in [0.2, 0.25) is 0 Å². The molecule has 78 valence electrons. The van der Waals surface area contributed by atoms with Crippen molar-refractivity contribution in [3.8, 4) is 0 Å². The number of nitrogens with zero attached hydrogens (tertiary/aromatic N) is 1. The van der Waals surface area contributed by atoms with Crippen LogP contribution in [0.15, 0.2) is 0 Å². The van der Waals surface area contributed by atoms with Gasteiger partial charge in [-0.2, -0.15) is 0 Å². The summed E-state index contributed by atoms with van der Waals surface area (Å²) in [5, 5.41) is 0. The van der Waals surface area contributed by atoms with Gasteiger partial charge in [-0.3, -0.25) is 0 Å². The first-order valence-electron chi connectivity index (χ1n) is 5.80. The van der Waals surface area contributed by atoms with Crippen molar-refractivity contribution >= 4 is 0 Å². The Morgan fingerprint density at radius 3 is 1.62 bits per heavy atom. The van der Waals surface area contributed by atoms with E-state index >= 15 is 0 Å². The Bertz CT molecular complexity index is 162. The molecule has 0 saturated carbocycles. The molecule has 0 radical (unpaired) electrons. The second-order valence-electron chi connectivity index (χ2n) is 5.27. The van der Waals surface area contributed by atoms with Crippen LogP contribution in [0, 0.1) is 11.8 Å². The van der Waals surface area contributed by atoms with Crippen LogP contribution in [0.4, 0.5) is 0 Å². The highest BCUT2D eigenvalue weighted by molar-refractivity contribution is 4.82. The molecular formula is C12H26N+. The van der Waals surface area contributed by atoms with E-state index < -0.39 is 0 Å². The molecule has 4 atom stereocenters. The molecule has 4 unspecified atom stereocenters. The Labute approximate surface area is 83.7 Å². The molecule has 1 saturated heterocycles. The molecule has 1 heterocycles. The fourth-order valence-corrected chi connectivity index (χ4v) is 3.21. The van der Waals surface area contributed by atoms with E-state index in [0.29, 0.717) is 0 Å². The average Bonchev–Trinajstić information content (AvgIpc) is 2.23. The van der Waals surface area contributed by atoms with Gasteiger partial charge in [-0.05, 0) is 20.3 Å². The lowest BCUT2D eigenvalue weighted by molar-refractivity contribution is -0.942. The third-order valence-electron chi connectivity index (χ3n) is 4.92. The first kappa shape index (κ1) is 11.0. The fourth-order valence-electron chi connectivity index (χ4n) is 3.21. The monoisotopic (exact) mass is 184 g/mol. The summed E-state index contributed by atoms with van der Waals surface area (Å²) >= 11 is 0. The predicted octanol–water partition coefficient (Wildman–Crippen LogP) is 2.91. The summed E-state index contributed by atoms with van der Waals surface area (Å²) in [5.41, 5.74) is 0. The highest BCUT2D eigenvalue weighted by Gasteiger charge is 2.49. The van der Waals surface area contributed by atoms with Crippen molar-refractivity contribution in [1.82, 2.24) is 0 Å². The van der Waals surface area contributed by atoms with Gasteiger partial charge in [0.2, 0.25) is 0 Å². The molecule has 0 aliphatic carbocycles. The molecule has 0 aromatic rings. The van der Waals surface area contributed by atoms with E-state index in [1.54, 1.807) is 0 Å². The zero-order valence-electron chi connectivity index (χ0n) is 10.2. The van der Waals surface area contributed by atoms with Crippen LogP contribution in [-0.4, -0.2) is 30.2 Å². The Balaban J connectivity index is 2.85. The molecule has 0 aromatic heterocycles. The maximum Gasteiger partial charge on any atom is 0.0892 e. The predicted molar refractivity (Wildman–Crippen MR) is 58.6 cm³/mol. The molecule has 0 spiro atoms. The lowest BCUT2D eigenvalue weighted by Crippen LogP contribution is -2.53. The number of quaternary nitrogens is 1. The van der Waals surface area contributed by atoms with E-state index in [9.17, 15) is 0 Å². The van der Waals surface area contributed by atoms with E-state index in [0.717, 1.165) is 23.9 Å². The second-order valence-corrected chi connectivity index (χ2v) is 5.27. The van der Waals surface area contributed by atoms with Crippen molar-refractivity contribution in [1.29, 1.82) is 0 Å². The van der Waals surface area contributed by atoms with E-state index in [4.69, 9.17) is 0 Å². The zero-order chi connectivity index (χ0) is 10.2. The Kier molecular flexibility index (Phi) is 3.06. The smallest absolute Gasteiger partial charge is 0.0892 e. The molecule has 0 N–H and O–H groups in total. The molecule has 0 bridgehead atoms. The number of hydrogen-bond acceptors (Lipinski definition) is 0. The van der Waals surface area contributed by atoms with Gasteiger partial charge in [0.1, 0.15) is 0 Å². The molecule has 1 aliphatic heterocycles. The van der Waals surface area contributed by atoms with Crippen LogP contribution in [-0.2, 0) is 0 Å². The van der Waals surface area contributed by atoms with Crippen LogP contribution >= 0.6 is 0 Å².